The summed E-state index contributed by atoms with van der Waals surface area (Å²) < 4.78 is 26.8. The number of piperazine rings is 1. The van der Waals surface area contributed by atoms with Gasteiger partial charge >= 0.3 is 0 Å². The Kier molecular flexibility index (Phi) is 8.28. The van der Waals surface area contributed by atoms with Crippen molar-refractivity contribution in [3.05, 3.63) is 58.9 Å². The molecule has 40 heavy (non-hydrogen) atoms. The van der Waals surface area contributed by atoms with Gasteiger partial charge < -0.3 is 9.74 Å². The van der Waals surface area contributed by atoms with Crippen molar-refractivity contribution >= 4 is 44.3 Å². The first kappa shape index (κ1) is 27.9. The highest BCUT2D eigenvalue weighted by Gasteiger charge is 2.36. The largest absolute Gasteiger partial charge is 0.389 e. The predicted molar refractivity (Wildman–Crippen MR) is 149 cm³/mol. The third kappa shape index (κ3) is 6.57. The van der Waals surface area contributed by atoms with Crippen LogP contribution in [0.2, 0.25) is 0 Å². The third-order valence-corrected chi connectivity index (χ3v) is 10.00. The number of oxime groups is 1. The number of nitrogens with one attached hydrogen (secondary N) is 1. The van der Waals surface area contributed by atoms with Crippen LogP contribution in [-0.4, -0.2) is 81.9 Å². The van der Waals surface area contributed by atoms with Gasteiger partial charge in [0.25, 0.3) is 5.91 Å². The number of carbonyl (C=O) groups is 2. The van der Waals surface area contributed by atoms with Gasteiger partial charge in [-0.25, -0.2) is 13.4 Å². The van der Waals surface area contributed by atoms with Crippen molar-refractivity contribution in [2.75, 3.05) is 25.0 Å². The van der Waals surface area contributed by atoms with Gasteiger partial charge in [-0.15, -0.1) is 11.3 Å². The molecule has 1 aliphatic carbocycles. The van der Waals surface area contributed by atoms with E-state index in [1.165, 1.54) is 23.5 Å². The lowest BCUT2D eigenvalue weighted by Gasteiger charge is -2.37. The van der Waals surface area contributed by atoms with Crippen molar-refractivity contribution in [3.8, 4) is 0 Å². The van der Waals surface area contributed by atoms with Gasteiger partial charge in [0, 0.05) is 62.1 Å². The molecule has 1 atom stereocenters. The molecule has 0 radical (unpaired) electrons. The number of hydrogen-bond acceptors (Lipinski definition) is 10. The average Bonchev–Trinajstić information content (AvgIpc) is 3.60. The molecule has 2 fully saturated rings. The van der Waals surface area contributed by atoms with Gasteiger partial charge in [0.1, 0.15) is 5.69 Å². The van der Waals surface area contributed by atoms with Crippen LogP contribution >= 0.6 is 11.3 Å². The molecule has 14 heteroatoms. The summed E-state index contributed by atoms with van der Waals surface area (Å²) in [5.74, 6) is -0.534. The van der Waals surface area contributed by atoms with E-state index in [0.29, 0.717) is 42.3 Å². The number of nitrogens with zero attached hydrogens (tertiary/aromatic N) is 6. The minimum atomic E-state index is -3.36. The molecular weight excluding hydrogens is 554 g/mol. The molecule has 0 spiro atoms. The van der Waals surface area contributed by atoms with Crippen molar-refractivity contribution in [2.45, 2.75) is 49.1 Å². The fourth-order valence-electron chi connectivity index (χ4n) is 4.46. The maximum Gasteiger partial charge on any atom is 0.280 e. The Morgan fingerprint density at radius 1 is 1.23 bits per heavy atom. The van der Waals surface area contributed by atoms with Crippen molar-refractivity contribution < 1.29 is 22.8 Å². The number of hydrogen-bond donors (Lipinski definition) is 1. The first-order valence-corrected chi connectivity index (χ1v) is 15.3. The van der Waals surface area contributed by atoms with E-state index in [0.717, 1.165) is 24.4 Å². The van der Waals surface area contributed by atoms with Gasteiger partial charge in [-0.2, -0.15) is 5.10 Å². The molecule has 0 bridgehead atoms. The number of aromatic nitrogens is 3. The van der Waals surface area contributed by atoms with Crippen LogP contribution in [0, 0.1) is 0 Å². The number of anilines is 1. The van der Waals surface area contributed by atoms with Crippen LogP contribution in [0.15, 0.2) is 52.8 Å². The second-order valence-electron chi connectivity index (χ2n) is 9.98. The Hall–Kier alpha value is -3.62. The number of carbonyl (C=O) groups excluding carboxylic acids is 2. The van der Waals surface area contributed by atoms with E-state index in [1.807, 2.05) is 6.92 Å². The van der Waals surface area contributed by atoms with Crippen molar-refractivity contribution in [2.24, 2.45) is 12.2 Å². The lowest BCUT2D eigenvalue weighted by molar-refractivity contribution is -0.122. The molecule has 3 aromatic rings. The molecule has 1 N–H and O–H groups in total. The SMILES string of the molecule is C[C@H]1CN(Cc2cnc(NC(=O)C(=NOCc3ccn(C)n3)c3ccc(S(=O)(=O)C4CC4)cc3)s2)CCN1C=O. The molecule has 1 saturated heterocycles. The molecule has 2 amide bonds. The summed E-state index contributed by atoms with van der Waals surface area (Å²) in [5, 5.41) is 11.2. The lowest BCUT2D eigenvalue weighted by atomic mass is 10.1. The Morgan fingerprint density at radius 3 is 2.65 bits per heavy atom. The van der Waals surface area contributed by atoms with Crippen LogP contribution in [0.5, 0.6) is 0 Å². The highest BCUT2D eigenvalue weighted by Crippen LogP contribution is 2.33. The molecule has 12 nitrogen and oxygen atoms in total. The van der Waals surface area contributed by atoms with Crippen LogP contribution in [0.3, 0.4) is 0 Å². The van der Waals surface area contributed by atoms with E-state index >= 15 is 0 Å². The summed E-state index contributed by atoms with van der Waals surface area (Å²) in [6, 6.07) is 8.03. The normalized spacial score (nSPS) is 18.5. The molecule has 3 heterocycles. The van der Waals surface area contributed by atoms with E-state index in [1.54, 1.807) is 47.2 Å². The molecule has 1 aromatic carbocycles. The zero-order valence-corrected chi connectivity index (χ0v) is 23.9. The highest BCUT2D eigenvalue weighted by molar-refractivity contribution is 7.92. The van der Waals surface area contributed by atoms with E-state index in [9.17, 15) is 18.0 Å². The molecule has 1 saturated carbocycles. The van der Waals surface area contributed by atoms with Gasteiger partial charge in [-0.3, -0.25) is 24.5 Å². The van der Waals surface area contributed by atoms with Gasteiger partial charge in [0.05, 0.1) is 10.1 Å². The fourth-order valence-corrected chi connectivity index (χ4v) is 6.97. The minimum absolute atomic E-state index is 0.0122. The van der Waals surface area contributed by atoms with Crippen LogP contribution < -0.4 is 5.32 Å². The zero-order valence-electron chi connectivity index (χ0n) is 22.3. The Labute approximate surface area is 236 Å². The highest BCUT2D eigenvalue weighted by atomic mass is 32.2. The number of rotatable bonds is 11. The molecule has 5 rings (SSSR count). The summed E-state index contributed by atoms with van der Waals surface area (Å²) in [6.07, 6.45) is 5.73. The summed E-state index contributed by atoms with van der Waals surface area (Å²) >= 11 is 1.36. The number of aryl methyl sites for hydroxylation is 1. The second kappa shape index (κ2) is 11.9. The Bertz CT molecular complexity index is 1500. The summed E-state index contributed by atoms with van der Waals surface area (Å²) in [5.41, 5.74) is 1.04. The minimum Gasteiger partial charge on any atom is -0.389 e. The summed E-state index contributed by atoms with van der Waals surface area (Å²) in [6.45, 7) is 4.93. The standard InChI is InChI=1S/C26H31N7O5S2/c1-18-14-32(11-12-33(18)17-34)15-21-13-27-26(39-21)28-25(35)24(30-38-16-20-9-10-31(2)29-20)19-3-5-22(6-4-19)40(36,37)23-7-8-23/h3-6,9-10,13,17-18,23H,7-8,11-12,14-16H2,1-2H3,(H,27,28,35)/t18-/m0/s1. The van der Waals surface area contributed by atoms with Crippen LogP contribution in [0.25, 0.3) is 0 Å². The number of amides is 2. The first-order chi connectivity index (χ1) is 19.2. The monoisotopic (exact) mass is 585 g/mol. The molecule has 2 aromatic heterocycles. The number of sulfone groups is 1. The van der Waals surface area contributed by atoms with Crippen LogP contribution in [0.1, 0.15) is 35.9 Å². The maximum absolute atomic E-state index is 13.3. The molecule has 1 aliphatic heterocycles. The number of benzene rings is 1. The van der Waals surface area contributed by atoms with E-state index in [2.05, 4.69) is 25.5 Å². The van der Waals surface area contributed by atoms with Crippen molar-refractivity contribution in [1.82, 2.24) is 24.6 Å². The van der Waals surface area contributed by atoms with Gasteiger partial charge in [-0.1, -0.05) is 17.3 Å². The first-order valence-electron chi connectivity index (χ1n) is 12.9. The lowest BCUT2D eigenvalue weighted by Crippen LogP contribution is -2.50. The summed E-state index contributed by atoms with van der Waals surface area (Å²) in [7, 11) is -1.57. The fraction of sp³-hybridized carbons (Fsp3) is 0.423. The topological polar surface area (TPSA) is 139 Å². The summed E-state index contributed by atoms with van der Waals surface area (Å²) in [4.78, 5) is 39.5. The molecule has 0 unspecified atom stereocenters. The Balaban J connectivity index is 1.29. The third-order valence-electron chi connectivity index (χ3n) is 6.82. The predicted octanol–water partition coefficient (Wildman–Crippen LogP) is 2.03. The Morgan fingerprint density at radius 2 is 2.00 bits per heavy atom. The quantitative estimate of drug-likeness (QED) is 0.205. The van der Waals surface area contributed by atoms with E-state index < -0.39 is 15.7 Å². The molecular formula is C26H31N7O5S2. The van der Waals surface area contributed by atoms with Gasteiger partial charge in [0.15, 0.2) is 27.3 Å². The average molecular weight is 586 g/mol. The molecule has 212 valence electrons. The molecule has 2 aliphatic rings. The van der Waals surface area contributed by atoms with Crippen LogP contribution in [0.4, 0.5) is 5.13 Å². The van der Waals surface area contributed by atoms with Crippen LogP contribution in [-0.2, 0) is 44.5 Å². The van der Waals surface area contributed by atoms with Gasteiger partial charge in [-0.05, 0) is 38.0 Å². The maximum atomic E-state index is 13.3. The second-order valence-corrected chi connectivity index (χ2v) is 13.3. The smallest absolute Gasteiger partial charge is 0.280 e. The zero-order chi connectivity index (χ0) is 28.3. The van der Waals surface area contributed by atoms with Crippen molar-refractivity contribution in [1.29, 1.82) is 0 Å². The van der Waals surface area contributed by atoms with Crippen molar-refractivity contribution in [3.63, 3.8) is 0 Å². The van der Waals surface area contributed by atoms with E-state index in [4.69, 9.17) is 4.84 Å². The van der Waals surface area contributed by atoms with Gasteiger partial charge in [0.2, 0.25) is 6.41 Å². The van der Waals surface area contributed by atoms with E-state index in [-0.39, 0.29) is 28.5 Å². The number of thiazole rings is 1.